The summed E-state index contributed by atoms with van der Waals surface area (Å²) in [5.41, 5.74) is 0.185. The van der Waals surface area contributed by atoms with Crippen molar-refractivity contribution in [3.8, 4) is 0 Å². The van der Waals surface area contributed by atoms with Crippen molar-refractivity contribution in [1.82, 2.24) is 4.90 Å². The lowest BCUT2D eigenvalue weighted by Crippen LogP contribution is -2.44. The van der Waals surface area contributed by atoms with Crippen molar-refractivity contribution in [3.63, 3.8) is 0 Å². The van der Waals surface area contributed by atoms with Crippen molar-refractivity contribution in [2.24, 2.45) is 17.3 Å². The van der Waals surface area contributed by atoms with Crippen molar-refractivity contribution in [1.29, 1.82) is 0 Å². The maximum absolute atomic E-state index is 11.6. The van der Waals surface area contributed by atoms with Crippen LogP contribution in [0.5, 0.6) is 0 Å². The third-order valence-electron chi connectivity index (χ3n) is 4.06. The molecule has 15 heavy (non-hydrogen) atoms. The van der Waals surface area contributed by atoms with Gasteiger partial charge in [0.1, 0.15) is 6.04 Å². The molecule has 0 bridgehead atoms. The first-order valence-electron chi connectivity index (χ1n) is 5.26. The van der Waals surface area contributed by atoms with Gasteiger partial charge in [-0.05, 0) is 11.3 Å². The molecule has 0 aromatic heterocycles. The van der Waals surface area contributed by atoms with E-state index in [2.05, 4.69) is 13.8 Å². The second kappa shape index (κ2) is 2.97. The van der Waals surface area contributed by atoms with Crippen LogP contribution in [0.25, 0.3) is 0 Å². The lowest BCUT2D eigenvalue weighted by molar-refractivity contribution is -0.152. The Hall–Kier alpha value is -1.06. The molecular formula is C11H17NO3. The molecule has 0 radical (unpaired) electrons. The van der Waals surface area contributed by atoms with E-state index in [0.717, 1.165) is 0 Å². The quantitative estimate of drug-likeness (QED) is 0.599. The van der Waals surface area contributed by atoms with Gasteiger partial charge in [0.05, 0.1) is 7.11 Å². The molecule has 0 spiro atoms. The topological polar surface area (TPSA) is 46.6 Å². The number of likely N-dealkylation sites (tertiary alicyclic amines) is 1. The van der Waals surface area contributed by atoms with Crippen LogP contribution in [0.4, 0.5) is 0 Å². The van der Waals surface area contributed by atoms with E-state index in [1.54, 1.807) is 4.90 Å². The fourth-order valence-corrected chi connectivity index (χ4v) is 3.00. The number of esters is 1. The summed E-state index contributed by atoms with van der Waals surface area (Å²) in [4.78, 5) is 24.7. The Morgan fingerprint density at radius 1 is 1.40 bits per heavy atom. The van der Waals surface area contributed by atoms with E-state index in [1.807, 2.05) is 0 Å². The number of ether oxygens (including phenoxy) is 1. The first kappa shape index (κ1) is 10.5. The number of amides is 1. The van der Waals surface area contributed by atoms with Crippen LogP contribution < -0.4 is 0 Å². The summed E-state index contributed by atoms with van der Waals surface area (Å²) in [6.07, 6.45) is 0. The number of hydrogen-bond donors (Lipinski definition) is 0. The first-order valence-corrected chi connectivity index (χ1v) is 5.26. The molecule has 4 nitrogen and oxygen atoms in total. The first-order chi connectivity index (χ1) is 6.91. The smallest absolute Gasteiger partial charge is 0.328 e. The summed E-state index contributed by atoms with van der Waals surface area (Å²) < 4.78 is 4.77. The molecule has 1 heterocycles. The molecule has 0 aromatic carbocycles. The van der Waals surface area contributed by atoms with Crippen molar-refractivity contribution in [2.45, 2.75) is 26.8 Å². The lowest BCUT2D eigenvalue weighted by Gasteiger charge is -2.27. The molecule has 1 aliphatic heterocycles. The maximum atomic E-state index is 11.6. The number of carbonyl (C=O) groups is 2. The van der Waals surface area contributed by atoms with Gasteiger partial charge in [0.25, 0.3) is 0 Å². The van der Waals surface area contributed by atoms with Gasteiger partial charge in [-0.15, -0.1) is 0 Å². The number of rotatable bonds is 1. The van der Waals surface area contributed by atoms with Crippen LogP contribution in [-0.2, 0) is 14.3 Å². The van der Waals surface area contributed by atoms with Gasteiger partial charge in [-0.1, -0.05) is 13.8 Å². The molecule has 3 atom stereocenters. The summed E-state index contributed by atoms with van der Waals surface area (Å²) in [5, 5.41) is 0. The van der Waals surface area contributed by atoms with Crippen LogP contribution in [0, 0.1) is 17.3 Å². The van der Waals surface area contributed by atoms with Crippen molar-refractivity contribution in [2.75, 3.05) is 13.7 Å². The number of nitrogens with zero attached hydrogens (tertiary/aromatic N) is 1. The summed E-state index contributed by atoms with van der Waals surface area (Å²) in [5.74, 6) is 0.441. The van der Waals surface area contributed by atoms with Gasteiger partial charge in [-0.2, -0.15) is 0 Å². The molecular weight excluding hydrogens is 194 g/mol. The molecule has 3 unspecified atom stereocenters. The summed E-state index contributed by atoms with van der Waals surface area (Å²) in [6, 6.07) is -0.354. The SMILES string of the molecule is COC(=O)C1C2C(CN1C(C)=O)C2(C)C. The number of carbonyl (C=O) groups excluding carboxylic acids is 2. The van der Waals surface area contributed by atoms with E-state index in [1.165, 1.54) is 14.0 Å². The van der Waals surface area contributed by atoms with Gasteiger partial charge in [0.15, 0.2) is 0 Å². The fourth-order valence-electron chi connectivity index (χ4n) is 3.00. The Labute approximate surface area is 89.6 Å². The maximum Gasteiger partial charge on any atom is 0.328 e. The van der Waals surface area contributed by atoms with Crippen LogP contribution in [0.1, 0.15) is 20.8 Å². The number of piperidine rings is 1. The molecule has 2 rings (SSSR count). The predicted molar refractivity (Wildman–Crippen MR) is 54.0 cm³/mol. The van der Waals surface area contributed by atoms with Crippen LogP contribution in [-0.4, -0.2) is 36.5 Å². The van der Waals surface area contributed by atoms with Crippen molar-refractivity contribution >= 4 is 11.9 Å². The van der Waals surface area contributed by atoms with Gasteiger partial charge >= 0.3 is 5.97 Å². The third-order valence-corrected chi connectivity index (χ3v) is 4.06. The molecule has 84 valence electrons. The van der Waals surface area contributed by atoms with E-state index < -0.39 is 0 Å². The second-order valence-corrected chi connectivity index (χ2v) is 5.09. The number of methoxy groups -OCH3 is 1. The summed E-state index contributed by atoms with van der Waals surface area (Å²) in [7, 11) is 1.38. The van der Waals surface area contributed by atoms with Gasteiger partial charge in [0.2, 0.25) is 5.91 Å². The highest BCUT2D eigenvalue weighted by molar-refractivity contribution is 5.85. The largest absolute Gasteiger partial charge is 0.467 e. The van der Waals surface area contributed by atoms with Crippen LogP contribution in [0.3, 0.4) is 0 Å². The highest BCUT2D eigenvalue weighted by Gasteiger charge is 2.69. The Morgan fingerprint density at radius 2 is 2.00 bits per heavy atom. The molecule has 2 aliphatic rings. The zero-order valence-corrected chi connectivity index (χ0v) is 9.61. The van der Waals surface area contributed by atoms with E-state index in [-0.39, 0.29) is 29.3 Å². The van der Waals surface area contributed by atoms with E-state index >= 15 is 0 Å². The molecule has 1 saturated heterocycles. The van der Waals surface area contributed by atoms with Gasteiger partial charge < -0.3 is 9.64 Å². The molecule has 1 saturated carbocycles. The minimum absolute atomic E-state index is 0.0339. The van der Waals surface area contributed by atoms with E-state index in [4.69, 9.17) is 4.74 Å². The Kier molecular flexibility index (Phi) is 2.07. The molecule has 0 aromatic rings. The average molecular weight is 211 g/mol. The van der Waals surface area contributed by atoms with Gasteiger partial charge in [-0.25, -0.2) is 4.79 Å². The Morgan fingerprint density at radius 3 is 2.47 bits per heavy atom. The lowest BCUT2D eigenvalue weighted by atomic mass is 10.0. The normalized spacial score (nSPS) is 36.0. The number of hydrogen-bond acceptors (Lipinski definition) is 3. The minimum atomic E-state index is -0.354. The third kappa shape index (κ3) is 1.27. The van der Waals surface area contributed by atoms with E-state index in [9.17, 15) is 9.59 Å². The van der Waals surface area contributed by atoms with Crippen molar-refractivity contribution < 1.29 is 14.3 Å². The Bertz CT molecular complexity index is 324. The fraction of sp³-hybridized carbons (Fsp3) is 0.818. The molecule has 1 amide bonds. The standard InChI is InChI=1S/C11H17NO3/c1-6(13)12-5-7-8(11(7,2)3)9(12)10(14)15-4/h7-9H,5H2,1-4H3. The molecule has 0 N–H and O–H groups in total. The minimum Gasteiger partial charge on any atom is -0.467 e. The molecule has 2 fully saturated rings. The monoisotopic (exact) mass is 211 g/mol. The van der Waals surface area contributed by atoms with Crippen LogP contribution >= 0.6 is 0 Å². The number of fused-ring (bicyclic) bond motifs is 1. The summed E-state index contributed by atoms with van der Waals surface area (Å²) in [6.45, 7) is 6.51. The average Bonchev–Trinajstić information content (AvgIpc) is 2.60. The highest BCUT2D eigenvalue weighted by atomic mass is 16.5. The predicted octanol–water partition coefficient (Wildman–Crippen LogP) is 0.662. The van der Waals surface area contributed by atoms with Crippen LogP contribution in [0.2, 0.25) is 0 Å². The van der Waals surface area contributed by atoms with Gasteiger partial charge in [-0.3, -0.25) is 4.79 Å². The Balaban J connectivity index is 2.22. The molecule has 4 heteroatoms. The van der Waals surface area contributed by atoms with Gasteiger partial charge in [0, 0.05) is 19.4 Å². The van der Waals surface area contributed by atoms with Crippen LogP contribution in [0.15, 0.2) is 0 Å². The van der Waals surface area contributed by atoms with Crippen molar-refractivity contribution in [3.05, 3.63) is 0 Å². The summed E-state index contributed by atoms with van der Waals surface area (Å²) >= 11 is 0. The highest BCUT2D eigenvalue weighted by Crippen LogP contribution is 2.64. The molecule has 1 aliphatic carbocycles. The second-order valence-electron chi connectivity index (χ2n) is 5.09. The zero-order chi connectivity index (χ0) is 11.4. The zero-order valence-electron chi connectivity index (χ0n) is 9.61. The van der Waals surface area contributed by atoms with E-state index in [0.29, 0.717) is 12.5 Å².